The minimum absolute atomic E-state index is 0.0913. The van der Waals surface area contributed by atoms with Crippen molar-refractivity contribution in [1.82, 2.24) is 16.0 Å². The van der Waals surface area contributed by atoms with Crippen molar-refractivity contribution in [2.24, 2.45) is 5.92 Å². The van der Waals surface area contributed by atoms with Crippen LogP contribution in [0.1, 0.15) is 47.0 Å². The first kappa shape index (κ1) is 41.7. The molecular formula is C28H48N3O15PS. The van der Waals surface area contributed by atoms with E-state index in [4.69, 9.17) is 54.0 Å². The highest BCUT2D eigenvalue weighted by atomic mass is 32.5. The highest BCUT2D eigenvalue weighted by Gasteiger charge is 2.51. The first-order valence-electron chi connectivity index (χ1n) is 15.3. The Hall–Kier alpha value is -2.48. The second-order valence-corrected chi connectivity index (χ2v) is 14.1. The van der Waals surface area contributed by atoms with Crippen LogP contribution in [-0.4, -0.2) is 131 Å². The normalized spacial score (nSPS) is 29.6. The third kappa shape index (κ3) is 13.4. The van der Waals surface area contributed by atoms with Crippen molar-refractivity contribution in [3.05, 3.63) is 0 Å². The lowest BCUT2D eigenvalue weighted by Gasteiger charge is -2.44. The summed E-state index contributed by atoms with van der Waals surface area (Å²) in [5, 5.41) is 8.28. The van der Waals surface area contributed by atoms with E-state index in [0.29, 0.717) is 19.3 Å². The van der Waals surface area contributed by atoms with Crippen LogP contribution < -0.4 is 16.0 Å². The molecule has 0 aromatic heterocycles. The van der Waals surface area contributed by atoms with Crippen LogP contribution in [0, 0.1) is 5.92 Å². The lowest BCUT2D eigenvalue weighted by molar-refractivity contribution is -0.277. The minimum atomic E-state index is -3.51. The lowest BCUT2D eigenvalue weighted by atomic mass is 9.96. The maximum absolute atomic E-state index is 12.7. The molecule has 1 saturated carbocycles. The molecule has 48 heavy (non-hydrogen) atoms. The molecule has 276 valence electrons. The van der Waals surface area contributed by atoms with Gasteiger partial charge in [-0.05, 0) is 31.1 Å². The smallest absolute Gasteiger partial charge is 0.324 e. The first-order chi connectivity index (χ1) is 22.6. The molecule has 2 rings (SSSR count). The van der Waals surface area contributed by atoms with Crippen LogP contribution in [0.4, 0.5) is 4.79 Å². The standard InChI is InChI=1S/C28H48N3O15PS/c1-15(32)30-22-26(44-18(4)35)25(43-17(3)34)21(14-42-16(2)33)45-27(22)41-11-9-8-10-29-28(36)31-20-12-19(13-38-5)23(24(20)39-6)46-47(37,48)40-7/h19-27H,8-14H2,1-7H3,(H,30,32)(H,37,48)(H2,29,31,36)/t19-,20+,21-,22-,23?,24-,25+,26-,27-,47?/m1/s1. The van der Waals surface area contributed by atoms with Gasteiger partial charge in [0, 0.05) is 68.1 Å². The number of carbonyl (C=O) groups is 5. The van der Waals surface area contributed by atoms with Crippen LogP contribution in [0.5, 0.6) is 0 Å². The molecule has 18 nitrogen and oxygen atoms in total. The Morgan fingerprint density at radius 1 is 0.875 bits per heavy atom. The molecule has 2 fully saturated rings. The van der Waals surface area contributed by atoms with Crippen molar-refractivity contribution in [3.8, 4) is 0 Å². The molecule has 1 aliphatic carbocycles. The Balaban J connectivity index is 1.98. The molecule has 1 aliphatic heterocycles. The SMILES string of the molecule is COC[C@H]1C[C@H](NC(=O)NCCCCO[C@@H]2O[C@H](COC(C)=O)[C@H](OC(C)=O)[C@H](OC(C)=O)[C@H]2NC(C)=O)[C@@H](OC)C1OP(O)(=S)OC. The number of amides is 3. The lowest BCUT2D eigenvalue weighted by Crippen LogP contribution is -2.66. The number of ether oxygens (including phenoxy) is 7. The van der Waals surface area contributed by atoms with Gasteiger partial charge in [0.15, 0.2) is 18.5 Å². The van der Waals surface area contributed by atoms with Crippen LogP contribution in [0.25, 0.3) is 0 Å². The fourth-order valence-electron chi connectivity index (χ4n) is 5.53. The van der Waals surface area contributed by atoms with Gasteiger partial charge in [0.2, 0.25) is 5.91 Å². The number of methoxy groups -OCH3 is 2. The molecule has 1 saturated heterocycles. The Morgan fingerprint density at radius 2 is 1.54 bits per heavy atom. The van der Waals surface area contributed by atoms with Crippen molar-refractivity contribution in [1.29, 1.82) is 0 Å². The average molecular weight is 730 g/mol. The number of unbranched alkanes of at least 4 members (excludes halogenated alkanes) is 1. The first-order valence-corrected chi connectivity index (χ1v) is 17.9. The van der Waals surface area contributed by atoms with Gasteiger partial charge in [-0.3, -0.25) is 19.2 Å². The maximum Gasteiger partial charge on any atom is 0.324 e. The number of hydrogen-bond donors (Lipinski definition) is 4. The molecule has 3 amide bonds. The van der Waals surface area contributed by atoms with E-state index in [1.54, 1.807) is 0 Å². The van der Waals surface area contributed by atoms with Crippen LogP contribution in [0.15, 0.2) is 0 Å². The molecule has 2 aliphatic rings. The molecule has 4 N–H and O–H groups in total. The predicted octanol–water partition coefficient (Wildman–Crippen LogP) is 0.0368. The van der Waals surface area contributed by atoms with E-state index in [9.17, 15) is 28.9 Å². The van der Waals surface area contributed by atoms with Gasteiger partial charge in [-0.1, -0.05) is 0 Å². The van der Waals surface area contributed by atoms with Gasteiger partial charge in [0.1, 0.15) is 31.0 Å². The van der Waals surface area contributed by atoms with Crippen LogP contribution in [-0.2, 0) is 73.2 Å². The van der Waals surface area contributed by atoms with E-state index in [1.165, 1.54) is 35.2 Å². The molecule has 0 spiro atoms. The van der Waals surface area contributed by atoms with Crippen LogP contribution in [0.3, 0.4) is 0 Å². The number of rotatable bonds is 18. The summed E-state index contributed by atoms with van der Waals surface area (Å²) < 4.78 is 49.3. The third-order valence-electron chi connectivity index (χ3n) is 7.41. The molecular weight excluding hydrogens is 681 g/mol. The minimum Gasteiger partial charge on any atom is -0.463 e. The number of esters is 3. The highest BCUT2D eigenvalue weighted by molar-refractivity contribution is 8.07. The summed E-state index contributed by atoms with van der Waals surface area (Å²) in [6, 6.07) is -2.00. The van der Waals surface area contributed by atoms with Gasteiger partial charge in [0.25, 0.3) is 0 Å². The van der Waals surface area contributed by atoms with Crippen LogP contribution >= 0.6 is 6.72 Å². The van der Waals surface area contributed by atoms with E-state index < -0.39 is 85.5 Å². The number of nitrogens with one attached hydrogen (secondary N) is 3. The Morgan fingerprint density at radius 3 is 2.10 bits per heavy atom. The highest BCUT2D eigenvalue weighted by Crippen LogP contribution is 2.48. The summed E-state index contributed by atoms with van der Waals surface area (Å²) in [6.45, 7) is 1.53. The monoisotopic (exact) mass is 729 g/mol. The Bertz CT molecular complexity index is 1150. The zero-order chi connectivity index (χ0) is 36.0. The van der Waals surface area contributed by atoms with E-state index in [1.807, 2.05) is 0 Å². The summed E-state index contributed by atoms with van der Waals surface area (Å²) >= 11 is 5.01. The van der Waals surface area contributed by atoms with Gasteiger partial charge in [-0.2, -0.15) is 0 Å². The van der Waals surface area contributed by atoms with Crippen molar-refractivity contribution < 1.29 is 71.1 Å². The predicted molar refractivity (Wildman–Crippen MR) is 169 cm³/mol. The van der Waals surface area contributed by atoms with Gasteiger partial charge in [-0.15, -0.1) is 0 Å². The Labute approximate surface area is 284 Å². The second-order valence-electron chi connectivity index (χ2n) is 11.2. The average Bonchev–Trinajstić information content (AvgIpc) is 3.30. The largest absolute Gasteiger partial charge is 0.463 e. The number of hydrogen-bond acceptors (Lipinski definition) is 15. The Kier molecular flexibility index (Phi) is 17.6. The molecule has 2 unspecified atom stereocenters. The summed E-state index contributed by atoms with van der Waals surface area (Å²) in [7, 11) is 4.25. The van der Waals surface area contributed by atoms with Gasteiger partial charge < -0.3 is 63.0 Å². The van der Waals surface area contributed by atoms with Gasteiger partial charge >= 0.3 is 30.7 Å². The topological polar surface area (TPSA) is 225 Å². The zero-order valence-electron chi connectivity index (χ0n) is 28.2. The summed E-state index contributed by atoms with van der Waals surface area (Å²) in [6.07, 6.45) is -4.66. The van der Waals surface area contributed by atoms with Crippen molar-refractivity contribution in [2.75, 3.05) is 47.7 Å². The fourth-order valence-corrected chi connectivity index (χ4v) is 6.52. The molecule has 0 bridgehead atoms. The quantitative estimate of drug-likeness (QED) is 0.0632. The van der Waals surface area contributed by atoms with Gasteiger partial charge in [-0.25, -0.2) is 4.79 Å². The summed E-state index contributed by atoms with van der Waals surface area (Å²) in [5.41, 5.74) is 0. The van der Waals surface area contributed by atoms with Crippen molar-refractivity contribution in [3.63, 3.8) is 0 Å². The van der Waals surface area contributed by atoms with E-state index in [2.05, 4.69) is 16.0 Å². The molecule has 0 radical (unpaired) electrons. The molecule has 1 heterocycles. The molecule has 0 aromatic carbocycles. The number of urea groups is 1. The zero-order valence-corrected chi connectivity index (χ0v) is 29.9. The fraction of sp³-hybridized carbons (Fsp3) is 0.821. The third-order valence-corrected chi connectivity index (χ3v) is 9.08. The summed E-state index contributed by atoms with van der Waals surface area (Å²) in [5.74, 6) is -2.76. The van der Waals surface area contributed by atoms with Crippen molar-refractivity contribution >= 4 is 48.4 Å². The van der Waals surface area contributed by atoms with E-state index in [0.717, 1.165) is 13.8 Å². The maximum atomic E-state index is 12.7. The van der Waals surface area contributed by atoms with E-state index in [-0.39, 0.29) is 32.3 Å². The van der Waals surface area contributed by atoms with Crippen LogP contribution in [0.2, 0.25) is 0 Å². The molecule has 0 aromatic rings. The summed E-state index contributed by atoms with van der Waals surface area (Å²) in [4.78, 5) is 70.4. The van der Waals surface area contributed by atoms with Crippen molar-refractivity contribution in [2.45, 2.75) is 95.9 Å². The second kappa shape index (κ2) is 20.3. The van der Waals surface area contributed by atoms with Gasteiger partial charge in [0.05, 0.1) is 12.6 Å². The molecule has 20 heteroatoms. The van der Waals surface area contributed by atoms with E-state index >= 15 is 0 Å². The number of carbonyl (C=O) groups excluding carboxylic acids is 5. The molecule has 10 atom stereocenters.